The van der Waals surface area contributed by atoms with Crippen LogP contribution in [0, 0.1) is 12.7 Å². The van der Waals surface area contributed by atoms with Gasteiger partial charge in [0.2, 0.25) is 0 Å². The Morgan fingerprint density at radius 3 is 2.57 bits per heavy atom. The molecule has 118 valence electrons. The maximum atomic E-state index is 13.7. The molecular weight excluding hydrogens is 271 g/mol. The lowest BCUT2D eigenvalue weighted by molar-refractivity contribution is 0.0718. The van der Waals surface area contributed by atoms with Crippen molar-refractivity contribution in [1.82, 2.24) is 4.90 Å². The monoisotopic (exact) mass is 296 g/mol. The molecule has 0 heterocycles. The summed E-state index contributed by atoms with van der Waals surface area (Å²) in [5.74, 6) is -0.764. The first-order valence-corrected chi connectivity index (χ1v) is 7.47. The molecule has 1 rings (SSSR count). The van der Waals surface area contributed by atoms with Crippen LogP contribution in [0.15, 0.2) is 12.1 Å². The van der Waals surface area contributed by atoms with E-state index in [1.54, 1.807) is 11.8 Å². The van der Waals surface area contributed by atoms with Crippen LogP contribution in [0.3, 0.4) is 0 Å². The molecule has 0 radical (unpaired) electrons. The summed E-state index contributed by atoms with van der Waals surface area (Å²) < 4.78 is 13.7. The van der Waals surface area contributed by atoms with Gasteiger partial charge in [-0.1, -0.05) is 26.2 Å². The molecule has 1 aromatic rings. The lowest BCUT2D eigenvalue weighted by atomic mass is 10.1. The van der Waals surface area contributed by atoms with E-state index >= 15 is 0 Å². The van der Waals surface area contributed by atoms with Gasteiger partial charge in [-0.2, -0.15) is 0 Å². The van der Waals surface area contributed by atoms with Crippen molar-refractivity contribution >= 4 is 11.6 Å². The van der Waals surface area contributed by atoms with E-state index < -0.39 is 5.82 Å². The zero-order chi connectivity index (χ0) is 15.8. The number of halogens is 1. The van der Waals surface area contributed by atoms with E-state index in [1.807, 2.05) is 0 Å². The van der Waals surface area contributed by atoms with Crippen molar-refractivity contribution in [2.75, 3.05) is 25.4 Å². The van der Waals surface area contributed by atoms with Crippen LogP contribution in [0.25, 0.3) is 0 Å². The third-order valence-corrected chi connectivity index (χ3v) is 3.57. The minimum atomic E-state index is -0.478. The molecule has 0 aliphatic rings. The molecule has 1 amide bonds. The van der Waals surface area contributed by atoms with Crippen LogP contribution in [0.4, 0.5) is 10.1 Å². The molecule has 3 N–H and O–H groups in total. The minimum absolute atomic E-state index is 0.108. The Labute approximate surface area is 125 Å². The Balaban J connectivity index is 2.80. The van der Waals surface area contributed by atoms with Crippen molar-refractivity contribution in [3.8, 4) is 0 Å². The zero-order valence-corrected chi connectivity index (χ0v) is 12.9. The van der Waals surface area contributed by atoms with Crippen LogP contribution in [0.5, 0.6) is 0 Å². The van der Waals surface area contributed by atoms with Gasteiger partial charge in [0.1, 0.15) is 5.82 Å². The smallest absolute Gasteiger partial charge is 0.254 e. The number of benzene rings is 1. The van der Waals surface area contributed by atoms with Crippen molar-refractivity contribution in [3.63, 3.8) is 0 Å². The molecule has 21 heavy (non-hydrogen) atoms. The predicted molar refractivity (Wildman–Crippen MR) is 82.7 cm³/mol. The zero-order valence-electron chi connectivity index (χ0n) is 12.9. The van der Waals surface area contributed by atoms with E-state index in [4.69, 9.17) is 10.8 Å². The number of nitrogens with two attached hydrogens (primary N) is 1. The lowest BCUT2D eigenvalue weighted by Crippen LogP contribution is -2.34. The van der Waals surface area contributed by atoms with E-state index in [9.17, 15) is 9.18 Å². The summed E-state index contributed by atoms with van der Waals surface area (Å²) in [5, 5.41) is 9.10. The highest BCUT2D eigenvalue weighted by atomic mass is 19.1. The van der Waals surface area contributed by atoms with Gasteiger partial charge in [0, 0.05) is 29.9 Å². The van der Waals surface area contributed by atoms with Gasteiger partial charge >= 0.3 is 0 Å². The topological polar surface area (TPSA) is 66.6 Å². The second-order valence-corrected chi connectivity index (χ2v) is 5.25. The van der Waals surface area contributed by atoms with Crippen molar-refractivity contribution in [2.45, 2.75) is 39.5 Å². The fraction of sp³-hybridized carbons (Fsp3) is 0.562. The van der Waals surface area contributed by atoms with E-state index in [-0.39, 0.29) is 30.3 Å². The number of hydrogen-bond acceptors (Lipinski definition) is 3. The fourth-order valence-electron chi connectivity index (χ4n) is 2.17. The summed E-state index contributed by atoms with van der Waals surface area (Å²) in [6, 6.07) is 2.71. The number of aliphatic hydroxyl groups excluding tert-OH is 1. The first-order valence-electron chi connectivity index (χ1n) is 7.47. The molecule has 0 spiro atoms. The fourth-order valence-corrected chi connectivity index (χ4v) is 2.17. The highest BCUT2D eigenvalue weighted by Gasteiger charge is 2.17. The molecule has 5 heteroatoms. The standard InChI is InChI=1S/C16H25FN2O2/c1-3-4-5-6-7-19(8-9-20)16(21)13-10-14(17)12(2)15(18)11-13/h10-11,20H,3-9,18H2,1-2H3. The van der Waals surface area contributed by atoms with E-state index in [0.717, 1.165) is 25.7 Å². The van der Waals surface area contributed by atoms with Gasteiger partial charge in [-0.15, -0.1) is 0 Å². The summed E-state index contributed by atoms with van der Waals surface area (Å²) >= 11 is 0. The molecule has 0 fully saturated rings. The van der Waals surface area contributed by atoms with Gasteiger partial charge in [0.05, 0.1) is 6.61 Å². The second-order valence-electron chi connectivity index (χ2n) is 5.25. The first kappa shape index (κ1) is 17.4. The molecule has 0 saturated heterocycles. The number of rotatable bonds is 8. The predicted octanol–water partition coefficient (Wildman–Crippen LogP) is 2.73. The molecule has 0 unspecified atom stereocenters. The summed E-state index contributed by atoms with van der Waals surface area (Å²) in [4.78, 5) is 14.0. The molecule has 0 saturated carbocycles. The van der Waals surface area contributed by atoms with E-state index in [1.165, 1.54) is 12.1 Å². The van der Waals surface area contributed by atoms with Crippen molar-refractivity contribution in [2.24, 2.45) is 0 Å². The van der Waals surface area contributed by atoms with Gasteiger partial charge in [-0.25, -0.2) is 4.39 Å². The number of unbranched alkanes of at least 4 members (excludes halogenated alkanes) is 3. The maximum absolute atomic E-state index is 13.7. The molecule has 1 aromatic carbocycles. The van der Waals surface area contributed by atoms with Crippen LogP contribution in [0.1, 0.15) is 48.5 Å². The van der Waals surface area contributed by atoms with Crippen molar-refractivity contribution in [1.29, 1.82) is 0 Å². The SMILES string of the molecule is CCCCCCN(CCO)C(=O)c1cc(N)c(C)c(F)c1. The van der Waals surface area contributed by atoms with E-state index in [0.29, 0.717) is 12.1 Å². The number of carbonyl (C=O) groups excluding carboxylic acids is 1. The molecule has 0 aromatic heterocycles. The number of nitrogens with zero attached hydrogens (tertiary/aromatic N) is 1. The normalized spacial score (nSPS) is 10.7. The van der Waals surface area contributed by atoms with Crippen LogP contribution < -0.4 is 5.73 Å². The van der Waals surface area contributed by atoms with Gasteiger partial charge in [-0.3, -0.25) is 4.79 Å². The molecule has 0 bridgehead atoms. The third kappa shape index (κ3) is 5.01. The van der Waals surface area contributed by atoms with Crippen LogP contribution in [0.2, 0.25) is 0 Å². The van der Waals surface area contributed by atoms with Crippen molar-refractivity contribution in [3.05, 3.63) is 29.1 Å². The van der Waals surface area contributed by atoms with Gasteiger partial charge in [-0.05, 0) is 25.5 Å². The number of amides is 1. The summed E-state index contributed by atoms with van der Waals surface area (Å²) in [5.41, 5.74) is 6.57. The molecule has 4 nitrogen and oxygen atoms in total. The highest BCUT2D eigenvalue weighted by molar-refractivity contribution is 5.95. The number of anilines is 1. The number of carbonyl (C=O) groups is 1. The second kappa shape index (κ2) is 8.62. The van der Waals surface area contributed by atoms with Gasteiger partial charge in [0.15, 0.2) is 0 Å². The molecule has 0 aliphatic carbocycles. The molecular formula is C16H25FN2O2. The Kier molecular flexibility index (Phi) is 7.15. The van der Waals surface area contributed by atoms with Crippen LogP contribution in [-0.2, 0) is 0 Å². The van der Waals surface area contributed by atoms with Gasteiger partial charge < -0.3 is 15.7 Å². The average molecular weight is 296 g/mol. The minimum Gasteiger partial charge on any atom is -0.398 e. The molecule has 0 aliphatic heterocycles. The number of aliphatic hydroxyl groups is 1. The first-order chi connectivity index (χ1) is 10.0. The van der Waals surface area contributed by atoms with E-state index in [2.05, 4.69) is 6.92 Å². The van der Waals surface area contributed by atoms with Crippen LogP contribution >= 0.6 is 0 Å². The van der Waals surface area contributed by atoms with Gasteiger partial charge in [0.25, 0.3) is 5.91 Å². The number of hydrogen-bond donors (Lipinski definition) is 2. The Morgan fingerprint density at radius 2 is 2.00 bits per heavy atom. The van der Waals surface area contributed by atoms with Crippen molar-refractivity contribution < 1.29 is 14.3 Å². The quantitative estimate of drug-likeness (QED) is 0.572. The number of nitrogen functional groups attached to an aromatic ring is 1. The lowest BCUT2D eigenvalue weighted by Gasteiger charge is -2.22. The average Bonchev–Trinajstić information content (AvgIpc) is 2.46. The maximum Gasteiger partial charge on any atom is 0.254 e. The van der Waals surface area contributed by atoms with Crippen LogP contribution in [-0.4, -0.2) is 35.6 Å². The Bertz CT molecular complexity index is 454. The summed E-state index contributed by atoms with van der Waals surface area (Å²) in [6.45, 7) is 4.40. The largest absolute Gasteiger partial charge is 0.398 e. The third-order valence-electron chi connectivity index (χ3n) is 3.57. The Hall–Kier alpha value is -1.62. The Morgan fingerprint density at radius 1 is 1.29 bits per heavy atom. The highest BCUT2D eigenvalue weighted by Crippen LogP contribution is 2.19. The summed E-state index contributed by atoms with van der Waals surface area (Å²) in [7, 11) is 0. The summed E-state index contributed by atoms with van der Waals surface area (Å²) in [6.07, 6.45) is 4.15. The molecule has 0 atom stereocenters.